The van der Waals surface area contributed by atoms with E-state index in [0.29, 0.717) is 0 Å². The first-order valence-electron chi connectivity index (χ1n) is 5.52. The maximum absolute atomic E-state index is 13.4. The lowest BCUT2D eigenvalue weighted by atomic mass is 10.0. The van der Waals surface area contributed by atoms with Crippen LogP contribution in [-0.4, -0.2) is 5.38 Å². The van der Waals surface area contributed by atoms with Gasteiger partial charge in [0.2, 0.25) is 0 Å². The summed E-state index contributed by atoms with van der Waals surface area (Å²) in [6.07, 6.45) is 3.69. The van der Waals surface area contributed by atoms with Gasteiger partial charge >= 0.3 is 0 Å². The second-order valence-corrected chi connectivity index (χ2v) is 4.64. The van der Waals surface area contributed by atoms with E-state index in [1.165, 1.54) is 6.07 Å². The van der Waals surface area contributed by atoms with Gasteiger partial charge in [-0.1, -0.05) is 31.0 Å². The molecule has 1 aromatic rings. The monoisotopic (exact) mass is 228 g/mol. The lowest BCUT2D eigenvalue weighted by molar-refractivity contribution is 0.595. The molecule has 0 amide bonds. The molecule has 84 valence electrons. The summed E-state index contributed by atoms with van der Waals surface area (Å²) in [6, 6.07) is 5.24. The molecule has 0 N–H and O–H groups in total. The second-order valence-electron chi connectivity index (χ2n) is 4.02. The van der Waals surface area contributed by atoms with Crippen molar-refractivity contribution in [2.45, 2.75) is 44.9 Å². The predicted molar refractivity (Wildman–Crippen MR) is 64.0 cm³/mol. The number of hydrogen-bond acceptors (Lipinski definition) is 0. The number of aryl methyl sites for hydroxylation is 2. The zero-order chi connectivity index (χ0) is 11.3. The summed E-state index contributed by atoms with van der Waals surface area (Å²) in [5.74, 6) is -0.110. The lowest BCUT2D eigenvalue weighted by Gasteiger charge is -2.08. The van der Waals surface area contributed by atoms with E-state index in [-0.39, 0.29) is 11.2 Å². The van der Waals surface area contributed by atoms with E-state index in [9.17, 15) is 4.39 Å². The van der Waals surface area contributed by atoms with Gasteiger partial charge in [-0.05, 0) is 37.8 Å². The first kappa shape index (κ1) is 12.5. The van der Waals surface area contributed by atoms with Crippen molar-refractivity contribution in [2.24, 2.45) is 0 Å². The third-order valence-electron chi connectivity index (χ3n) is 2.53. The van der Waals surface area contributed by atoms with Gasteiger partial charge in [0, 0.05) is 5.38 Å². The van der Waals surface area contributed by atoms with Gasteiger partial charge in [0.05, 0.1) is 0 Å². The van der Waals surface area contributed by atoms with Crippen LogP contribution in [0.25, 0.3) is 0 Å². The predicted octanol–water partition coefficient (Wildman–Crippen LogP) is 4.47. The van der Waals surface area contributed by atoms with E-state index in [1.54, 1.807) is 6.07 Å². The Morgan fingerprint density at radius 2 is 2.07 bits per heavy atom. The summed E-state index contributed by atoms with van der Waals surface area (Å²) >= 11 is 6.10. The first-order chi connectivity index (χ1) is 7.13. The Kier molecular flexibility index (Phi) is 5.10. The van der Waals surface area contributed by atoms with Crippen molar-refractivity contribution < 1.29 is 4.39 Å². The average molecular weight is 229 g/mol. The molecule has 0 heterocycles. The SMILES string of the molecule is CCCC(Cl)CCc1cc(C)ccc1F. The van der Waals surface area contributed by atoms with Crippen LogP contribution in [0, 0.1) is 12.7 Å². The topological polar surface area (TPSA) is 0 Å². The van der Waals surface area contributed by atoms with Gasteiger partial charge in [0.25, 0.3) is 0 Å². The van der Waals surface area contributed by atoms with E-state index in [0.717, 1.165) is 36.8 Å². The number of halogens is 2. The van der Waals surface area contributed by atoms with Crippen LogP contribution in [0.1, 0.15) is 37.3 Å². The Balaban J connectivity index is 2.53. The summed E-state index contributed by atoms with van der Waals surface area (Å²) in [7, 11) is 0. The maximum Gasteiger partial charge on any atom is 0.126 e. The minimum atomic E-state index is -0.110. The summed E-state index contributed by atoms with van der Waals surface area (Å²) in [6.45, 7) is 4.09. The maximum atomic E-state index is 13.4. The van der Waals surface area contributed by atoms with Crippen LogP contribution in [-0.2, 0) is 6.42 Å². The number of alkyl halides is 1. The molecule has 0 spiro atoms. The molecule has 0 aromatic heterocycles. The van der Waals surface area contributed by atoms with Crippen LogP contribution in [0.5, 0.6) is 0 Å². The van der Waals surface area contributed by atoms with Gasteiger partial charge in [-0.3, -0.25) is 0 Å². The van der Waals surface area contributed by atoms with Crippen LogP contribution in [0.3, 0.4) is 0 Å². The number of rotatable bonds is 5. The quantitative estimate of drug-likeness (QED) is 0.652. The average Bonchev–Trinajstić information content (AvgIpc) is 2.20. The normalized spacial score (nSPS) is 12.8. The summed E-state index contributed by atoms with van der Waals surface area (Å²) < 4.78 is 13.4. The Morgan fingerprint density at radius 3 is 2.73 bits per heavy atom. The smallest absolute Gasteiger partial charge is 0.126 e. The zero-order valence-corrected chi connectivity index (χ0v) is 10.1. The van der Waals surface area contributed by atoms with E-state index in [2.05, 4.69) is 6.92 Å². The third kappa shape index (κ3) is 4.21. The van der Waals surface area contributed by atoms with Gasteiger partial charge in [-0.2, -0.15) is 0 Å². The zero-order valence-electron chi connectivity index (χ0n) is 9.39. The molecule has 1 unspecified atom stereocenters. The minimum Gasteiger partial charge on any atom is -0.207 e. The Labute approximate surface area is 96.5 Å². The molecular weight excluding hydrogens is 211 g/mol. The molecule has 15 heavy (non-hydrogen) atoms. The number of benzene rings is 1. The molecular formula is C13H18ClF. The fourth-order valence-electron chi connectivity index (χ4n) is 1.66. The highest BCUT2D eigenvalue weighted by Gasteiger charge is 2.07. The van der Waals surface area contributed by atoms with Crippen molar-refractivity contribution in [3.63, 3.8) is 0 Å². The van der Waals surface area contributed by atoms with Gasteiger partial charge in [0.15, 0.2) is 0 Å². The molecule has 0 aliphatic heterocycles. The molecule has 2 heteroatoms. The lowest BCUT2D eigenvalue weighted by Crippen LogP contribution is -2.01. The minimum absolute atomic E-state index is 0.110. The molecule has 0 nitrogen and oxygen atoms in total. The molecule has 0 aliphatic rings. The molecule has 0 fully saturated rings. The van der Waals surface area contributed by atoms with Crippen LogP contribution < -0.4 is 0 Å². The molecule has 0 saturated heterocycles. The molecule has 0 aliphatic carbocycles. The van der Waals surface area contributed by atoms with Gasteiger partial charge < -0.3 is 0 Å². The summed E-state index contributed by atoms with van der Waals surface area (Å²) in [5.41, 5.74) is 1.89. The fourth-order valence-corrected chi connectivity index (χ4v) is 1.99. The Morgan fingerprint density at radius 1 is 1.33 bits per heavy atom. The largest absolute Gasteiger partial charge is 0.207 e. The van der Waals surface area contributed by atoms with Crippen molar-refractivity contribution in [2.75, 3.05) is 0 Å². The van der Waals surface area contributed by atoms with Crippen LogP contribution in [0.15, 0.2) is 18.2 Å². The first-order valence-corrected chi connectivity index (χ1v) is 5.96. The fraction of sp³-hybridized carbons (Fsp3) is 0.538. The van der Waals surface area contributed by atoms with E-state index < -0.39 is 0 Å². The summed E-state index contributed by atoms with van der Waals surface area (Å²) in [5, 5.41) is 0.176. The standard InChI is InChI=1S/C13H18ClF/c1-3-4-12(14)7-6-11-9-10(2)5-8-13(11)15/h5,8-9,12H,3-4,6-7H2,1-2H3. The van der Waals surface area contributed by atoms with Gasteiger partial charge in [-0.25, -0.2) is 4.39 Å². The van der Waals surface area contributed by atoms with Crippen LogP contribution in [0.2, 0.25) is 0 Å². The van der Waals surface area contributed by atoms with Crippen molar-refractivity contribution in [3.8, 4) is 0 Å². The van der Waals surface area contributed by atoms with E-state index >= 15 is 0 Å². The highest BCUT2D eigenvalue weighted by Crippen LogP contribution is 2.17. The Bertz CT molecular complexity index is 309. The van der Waals surface area contributed by atoms with E-state index in [1.807, 2.05) is 13.0 Å². The highest BCUT2D eigenvalue weighted by atomic mass is 35.5. The molecule has 1 aromatic carbocycles. The Hall–Kier alpha value is -0.560. The van der Waals surface area contributed by atoms with Crippen molar-refractivity contribution in [1.29, 1.82) is 0 Å². The number of hydrogen-bond donors (Lipinski definition) is 0. The second kappa shape index (κ2) is 6.12. The molecule has 0 bridgehead atoms. The van der Waals surface area contributed by atoms with E-state index in [4.69, 9.17) is 11.6 Å². The molecule has 0 saturated carbocycles. The molecule has 1 atom stereocenters. The van der Waals surface area contributed by atoms with Crippen molar-refractivity contribution in [1.82, 2.24) is 0 Å². The van der Waals surface area contributed by atoms with Gasteiger partial charge in [-0.15, -0.1) is 11.6 Å². The van der Waals surface area contributed by atoms with Crippen molar-refractivity contribution >= 4 is 11.6 Å². The third-order valence-corrected chi connectivity index (χ3v) is 2.97. The molecule has 1 rings (SSSR count). The van der Waals surface area contributed by atoms with Crippen LogP contribution in [0.4, 0.5) is 4.39 Å². The van der Waals surface area contributed by atoms with Gasteiger partial charge in [0.1, 0.15) is 5.82 Å². The molecule has 0 radical (unpaired) electrons. The summed E-state index contributed by atoms with van der Waals surface area (Å²) in [4.78, 5) is 0. The van der Waals surface area contributed by atoms with Crippen LogP contribution >= 0.6 is 11.6 Å². The highest BCUT2D eigenvalue weighted by molar-refractivity contribution is 6.20. The van der Waals surface area contributed by atoms with Crippen molar-refractivity contribution in [3.05, 3.63) is 35.1 Å².